The van der Waals surface area contributed by atoms with E-state index in [1.807, 2.05) is 0 Å². The molecule has 1 aliphatic heterocycles. The van der Waals surface area contributed by atoms with Gasteiger partial charge in [0.25, 0.3) is 0 Å². The predicted octanol–water partition coefficient (Wildman–Crippen LogP) is 2.18. The average molecular weight is 256 g/mol. The lowest BCUT2D eigenvalue weighted by atomic mass is 9.99. The Kier molecular flexibility index (Phi) is 4.07. The van der Waals surface area contributed by atoms with Gasteiger partial charge in [-0.15, -0.1) is 0 Å². The second-order valence-corrected chi connectivity index (χ2v) is 4.89. The predicted molar refractivity (Wildman–Crippen MR) is 70.5 cm³/mol. The number of rotatable bonds is 3. The van der Waals surface area contributed by atoms with E-state index in [9.17, 15) is 0 Å². The van der Waals surface area contributed by atoms with E-state index in [-0.39, 0.29) is 0 Å². The van der Waals surface area contributed by atoms with Gasteiger partial charge in [-0.05, 0) is 24.8 Å². The molecule has 17 heavy (non-hydrogen) atoms. The minimum Gasteiger partial charge on any atom is -0.397 e. The molecule has 0 aliphatic carbocycles. The molecule has 1 aromatic heterocycles. The van der Waals surface area contributed by atoms with Crippen molar-refractivity contribution in [3.05, 3.63) is 17.3 Å². The molecule has 1 saturated heterocycles. The zero-order chi connectivity index (χ0) is 12.3. The molecule has 1 fully saturated rings. The van der Waals surface area contributed by atoms with E-state index < -0.39 is 0 Å². The summed E-state index contributed by atoms with van der Waals surface area (Å²) in [4.78, 5) is 6.54. The summed E-state index contributed by atoms with van der Waals surface area (Å²) in [5.41, 5.74) is 6.25. The van der Waals surface area contributed by atoms with Gasteiger partial charge >= 0.3 is 0 Å². The van der Waals surface area contributed by atoms with E-state index >= 15 is 0 Å². The fourth-order valence-electron chi connectivity index (χ4n) is 2.31. The van der Waals surface area contributed by atoms with E-state index in [1.54, 1.807) is 19.4 Å². The number of nitrogen functional groups attached to an aromatic ring is 1. The van der Waals surface area contributed by atoms with Crippen LogP contribution in [0.25, 0.3) is 0 Å². The minimum atomic E-state index is 0.559. The summed E-state index contributed by atoms with van der Waals surface area (Å²) in [6.45, 7) is 2.74. The van der Waals surface area contributed by atoms with Gasteiger partial charge in [-0.25, -0.2) is 4.98 Å². The number of nitrogens with two attached hydrogens (primary N) is 1. The highest BCUT2D eigenvalue weighted by Crippen LogP contribution is 2.28. The van der Waals surface area contributed by atoms with Crippen molar-refractivity contribution in [3.63, 3.8) is 0 Å². The van der Waals surface area contributed by atoms with Crippen LogP contribution in [0.4, 0.5) is 11.5 Å². The molecule has 1 aliphatic rings. The molecule has 4 nitrogen and oxygen atoms in total. The Hall–Kier alpha value is -1.00. The van der Waals surface area contributed by atoms with Crippen molar-refractivity contribution in [3.8, 4) is 0 Å². The molecule has 0 bridgehead atoms. The lowest BCUT2D eigenvalue weighted by Gasteiger charge is -2.33. The van der Waals surface area contributed by atoms with Gasteiger partial charge in [-0.3, -0.25) is 0 Å². The maximum atomic E-state index is 6.17. The van der Waals surface area contributed by atoms with Gasteiger partial charge in [0.2, 0.25) is 0 Å². The van der Waals surface area contributed by atoms with Gasteiger partial charge in [-0.1, -0.05) is 11.6 Å². The third kappa shape index (κ3) is 3.01. The van der Waals surface area contributed by atoms with Gasteiger partial charge in [0.1, 0.15) is 5.82 Å². The summed E-state index contributed by atoms with van der Waals surface area (Å²) in [6, 6.07) is 1.75. The number of methoxy groups -OCH3 is 1. The fourth-order valence-corrected chi connectivity index (χ4v) is 2.60. The van der Waals surface area contributed by atoms with E-state index in [4.69, 9.17) is 22.1 Å². The third-order valence-electron chi connectivity index (χ3n) is 3.06. The zero-order valence-electron chi connectivity index (χ0n) is 10.0. The Balaban J connectivity index is 2.10. The fraction of sp³-hybridized carbons (Fsp3) is 0.583. The van der Waals surface area contributed by atoms with Crippen molar-refractivity contribution < 1.29 is 4.74 Å². The monoisotopic (exact) mass is 255 g/mol. The van der Waals surface area contributed by atoms with Crippen LogP contribution >= 0.6 is 11.6 Å². The quantitative estimate of drug-likeness (QED) is 0.900. The molecule has 2 rings (SSSR count). The highest BCUT2D eigenvalue weighted by molar-refractivity contribution is 6.33. The summed E-state index contributed by atoms with van der Waals surface area (Å²) in [7, 11) is 1.74. The van der Waals surface area contributed by atoms with Crippen molar-refractivity contribution in [2.24, 2.45) is 5.92 Å². The molecule has 0 aromatic carbocycles. The molecule has 1 unspecified atom stereocenters. The molecule has 2 heterocycles. The van der Waals surface area contributed by atoms with Crippen molar-refractivity contribution in [1.82, 2.24) is 4.98 Å². The largest absolute Gasteiger partial charge is 0.397 e. The molecular formula is C12H18ClN3O. The number of anilines is 2. The Bertz CT molecular complexity index is 384. The molecule has 0 saturated carbocycles. The van der Waals surface area contributed by atoms with Gasteiger partial charge in [0, 0.05) is 20.2 Å². The molecule has 1 atom stereocenters. The van der Waals surface area contributed by atoms with Gasteiger partial charge < -0.3 is 15.4 Å². The summed E-state index contributed by atoms with van der Waals surface area (Å²) in [5, 5.41) is 0.628. The molecule has 94 valence electrons. The lowest BCUT2D eigenvalue weighted by Crippen LogP contribution is -2.37. The maximum absolute atomic E-state index is 6.17. The number of ether oxygens (including phenoxy) is 1. The van der Waals surface area contributed by atoms with Crippen LogP contribution in [0.2, 0.25) is 5.02 Å². The van der Waals surface area contributed by atoms with Crippen molar-refractivity contribution in [2.45, 2.75) is 12.8 Å². The molecule has 0 amide bonds. The first-order chi connectivity index (χ1) is 8.20. The number of aromatic nitrogens is 1. The Labute approximate surface area is 107 Å². The topological polar surface area (TPSA) is 51.4 Å². The van der Waals surface area contributed by atoms with Crippen molar-refractivity contribution >= 4 is 23.1 Å². The number of halogens is 1. The molecule has 1 aromatic rings. The van der Waals surface area contributed by atoms with Gasteiger partial charge in [0.15, 0.2) is 0 Å². The number of pyridine rings is 1. The Morgan fingerprint density at radius 3 is 3.18 bits per heavy atom. The SMILES string of the molecule is COCC1CCCN(c2ncc(N)cc2Cl)C1. The van der Waals surface area contributed by atoms with Gasteiger partial charge in [-0.2, -0.15) is 0 Å². The average Bonchev–Trinajstić information content (AvgIpc) is 2.29. The Morgan fingerprint density at radius 2 is 2.47 bits per heavy atom. The minimum absolute atomic E-state index is 0.559. The number of hydrogen-bond donors (Lipinski definition) is 1. The smallest absolute Gasteiger partial charge is 0.147 e. The summed E-state index contributed by atoms with van der Waals surface area (Å²) < 4.78 is 5.21. The summed E-state index contributed by atoms with van der Waals surface area (Å²) in [5.74, 6) is 1.39. The first-order valence-corrected chi connectivity index (χ1v) is 6.23. The normalized spacial score (nSPS) is 20.6. The molecule has 0 spiro atoms. The summed E-state index contributed by atoms with van der Waals surface area (Å²) >= 11 is 6.17. The number of nitrogens with zero attached hydrogens (tertiary/aromatic N) is 2. The van der Waals surface area contributed by atoms with E-state index in [0.29, 0.717) is 16.6 Å². The van der Waals surface area contributed by atoms with E-state index in [2.05, 4.69) is 9.88 Å². The van der Waals surface area contributed by atoms with Crippen LogP contribution in [0.3, 0.4) is 0 Å². The second kappa shape index (κ2) is 5.56. The van der Waals surface area contributed by atoms with E-state index in [0.717, 1.165) is 31.9 Å². The van der Waals surface area contributed by atoms with Crippen molar-refractivity contribution in [1.29, 1.82) is 0 Å². The summed E-state index contributed by atoms with van der Waals surface area (Å²) in [6.07, 6.45) is 4.01. The highest BCUT2D eigenvalue weighted by atomic mass is 35.5. The molecular weight excluding hydrogens is 238 g/mol. The third-order valence-corrected chi connectivity index (χ3v) is 3.34. The lowest BCUT2D eigenvalue weighted by molar-refractivity contribution is 0.143. The van der Waals surface area contributed by atoms with Crippen LogP contribution in [0.1, 0.15) is 12.8 Å². The highest BCUT2D eigenvalue weighted by Gasteiger charge is 2.22. The van der Waals surface area contributed by atoms with Crippen LogP contribution in [-0.4, -0.2) is 31.8 Å². The number of hydrogen-bond acceptors (Lipinski definition) is 4. The Morgan fingerprint density at radius 1 is 1.65 bits per heavy atom. The van der Waals surface area contributed by atoms with Crippen LogP contribution in [0.15, 0.2) is 12.3 Å². The standard InChI is InChI=1S/C12H18ClN3O/c1-17-8-9-3-2-4-16(7-9)12-11(13)5-10(14)6-15-12/h5-6,9H,2-4,7-8,14H2,1H3. The molecule has 2 N–H and O–H groups in total. The first-order valence-electron chi connectivity index (χ1n) is 5.85. The van der Waals surface area contributed by atoms with Gasteiger partial charge in [0.05, 0.1) is 23.5 Å². The van der Waals surface area contributed by atoms with Crippen LogP contribution in [0.5, 0.6) is 0 Å². The van der Waals surface area contributed by atoms with E-state index in [1.165, 1.54) is 6.42 Å². The maximum Gasteiger partial charge on any atom is 0.147 e. The van der Waals surface area contributed by atoms with Crippen molar-refractivity contribution in [2.75, 3.05) is 37.4 Å². The molecule has 5 heteroatoms. The van der Waals surface area contributed by atoms with Crippen LogP contribution in [-0.2, 0) is 4.74 Å². The first kappa shape index (κ1) is 12.5. The van der Waals surface area contributed by atoms with Crippen LogP contribution < -0.4 is 10.6 Å². The number of piperidine rings is 1. The second-order valence-electron chi connectivity index (χ2n) is 4.48. The van der Waals surface area contributed by atoms with Crippen LogP contribution in [0, 0.1) is 5.92 Å². The molecule has 0 radical (unpaired) electrons. The zero-order valence-corrected chi connectivity index (χ0v) is 10.8.